The Morgan fingerprint density at radius 2 is 2.00 bits per heavy atom. The van der Waals surface area contributed by atoms with Gasteiger partial charge in [-0.3, -0.25) is 9.69 Å². The molecule has 194 valence electrons. The third-order valence-corrected chi connectivity index (χ3v) is 9.15. The lowest BCUT2D eigenvalue weighted by atomic mass is 9.86. The van der Waals surface area contributed by atoms with E-state index in [2.05, 4.69) is 27.9 Å². The van der Waals surface area contributed by atoms with Crippen molar-refractivity contribution in [1.82, 2.24) is 20.9 Å². The Bertz CT molecular complexity index is 1240. The van der Waals surface area contributed by atoms with Gasteiger partial charge in [-0.05, 0) is 81.7 Å². The summed E-state index contributed by atoms with van der Waals surface area (Å²) in [5.74, 6) is 1.95. The number of anilines is 1. The van der Waals surface area contributed by atoms with Crippen molar-refractivity contribution in [2.45, 2.75) is 31.2 Å². The van der Waals surface area contributed by atoms with Crippen molar-refractivity contribution >= 4 is 29.4 Å². The molecule has 8 nitrogen and oxygen atoms in total. The van der Waals surface area contributed by atoms with Gasteiger partial charge >= 0.3 is 6.03 Å². The highest BCUT2D eigenvalue weighted by atomic mass is 32.2. The summed E-state index contributed by atoms with van der Waals surface area (Å²) in [6.07, 6.45) is 1.93. The van der Waals surface area contributed by atoms with Crippen LogP contribution in [-0.2, 0) is 4.79 Å². The first-order valence-corrected chi connectivity index (χ1v) is 13.9. The highest BCUT2D eigenvalue weighted by molar-refractivity contribution is 8.04. The Morgan fingerprint density at radius 1 is 1.16 bits per heavy atom. The standard InChI is InChI=1S/C28H33N5O3S/c1-17-14-20(36-19-6-4-3-5-7-19)8-9-21(17)33-22-10-12-29-27-23(22)24(31-28(33)35)25(37-27)26(34)30-15-18-11-13-32(2)16-18/h3-9,14,18,22-23,27,29H,10-13,15-16H2,1-2H3,(H,30,34)(H,31,35). The van der Waals surface area contributed by atoms with Gasteiger partial charge in [-0.1, -0.05) is 30.0 Å². The van der Waals surface area contributed by atoms with Crippen LogP contribution in [0, 0.1) is 18.8 Å². The van der Waals surface area contributed by atoms with Crippen molar-refractivity contribution in [3.05, 3.63) is 64.7 Å². The molecular formula is C28H33N5O3S. The van der Waals surface area contributed by atoms with E-state index in [4.69, 9.17) is 4.74 Å². The van der Waals surface area contributed by atoms with E-state index < -0.39 is 0 Å². The molecule has 3 saturated heterocycles. The molecule has 4 heterocycles. The second-order valence-electron chi connectivity index (χ2n) is 10.4. The molecule has 4 aliphatic heterocycles. The van der Waals surface area contributed by atoms with Crippen LogP contribution in [0.25, 0.3) is 0 Å². The average Bonchev–Trinajstić information content (AvgIpc) is 3.48. The number of thioether (sulfide) groups is 1. The fourth-order valence-electron chi connectivity index (χ4n) is 6.00. The normalized spacial score (nSPS) is 27.2. The summed E-state index contributed by atoms with van der Waals surface area (Å²) < 4.78 is 6.00. The number of carbonyl (C=O) groups is 2. The zero-order chi connectivity index (χ0) is 25.5. The molecule has 3 fully saturated rings. The van der Waals surface area contributed by atoms with Gasteiger partial charge in [-0.2, -0.15) is 0 Å². The lowest BCUT2D eigenvalue weighted by Crippen LogP contribution is -2.62. The molecule has 4 unspecified atom stereocenters. The molecule has 0 bridgehead atoms. The van der Waals surface area contributed by atoms with Gasteiger partial charge in [0.2, 0.25) is 0 Å². The molecule has 3 N–H and O–H groups in total. The highest BCUT2D eigenvalue weighted by Gasteiger charge is 2.51. The van der Waals surface area contributed by atoms with Crippen LogP contribution in [0.4, 0.5) is 10.5 Å². The Hall–Kier alpha value is -3.01. The van der Waals surface area contributed by atoms with E-state index in [-0.39, 0.29) is 29.3 Å². The van der Waals surface area contributed by atoms with Crippen LogP contribution in [0.3, 0.4) is 0 Å². The number of nitrogens with zero attached hydrogens (tertiary/aromatic N) is 2. The number of urea groups is 1. The van der Waals surface area contributed by atoms with Crippen molar-refractivity contribution in [3.8, 4) is 11.5 Å². The van der Waals surface area contributed by atoms with Gasteiger partial charge in [-0.15, -0.1) is 0 Å². The fourth-order valence-corrected chi connectivity index (χ4v) is 7.41. The second kappa shape index (κ2) is 10.0. The van der Waals surface area contributed by atoms with Crippen molar-refractivity contribution in [3.63, 3.8) is 0 Å². The smallest absolute Gasteiger partial charge is 0.326 e. The topological polar surface area (TPSA) is 85.9 Å². The molecule has 9 heteroatoms. The molecule has 2 aromatic rings. The minimum atomic E-state index is -0.179. The number of rotatable bonds is 6. The third-order valence-electron chi connectivity index (χ3n) is 7.79. The molecule has 0 saturated carbocycles. The van der Waals surface area contributed by atoms with Crippen LogP contribution in [0.15, 0.2) is 59.1 Å². The van der Waals surface area contributed by atoms with Gasteiger partial charge in [0.1, 0.15) is 11.5 Å². The molecule has 0 aromatic heterocycles. The first kappa shape index (κ1) is 24.3. The van der Waals surface area contributed by atoms with E-state index in [9.17, 15) is 9.59 Å². The Morgan fingerprint density at radius 3 is 2.76 bits per heavy atom. The van der Waals surface area contributed by atoms with Gasteiger partial charge in [0.05, 0.1) is 16.3 Å². The maximum Gasteiger partial charge on any atom is 0.326 e. The van der Waals surface area contributed by atoms with Crippen LogP contribution >= 0.6 is 11.8 Å². The van der Waals surface area contributed by atoms with Gasteiger partial charge in [-0.25, -0.2) is 4.79 Å². The Balaban J connectivity index is 1.22. The zero-order valence-electron chi connectivity index (χ0n) is 21.2. The van der Waals surface area contributed by atoms with E-state index >= 15 is 0 Å². The number of ether oxygens (including phenoxy) is 1. The van der Waals surface area contributed by atoms with Crippen molar-refractivity contribution in [2.24, 2.45) is 11.8 Å². The molecule has 3 amide bonds. The number of hydrogen-bond donors (Lipinski definition) is 3. The summed E-state index contributed by atoms with van der Waals surface area (Å²) in [6, 6.07) is 15.3. The Labute approximate surface area is 221 Å². The second-order valence-corrected chi connectivity index (χ2v) is 11.6. The minimum absolute atomic E-state index is 0.0177. The summed E-state index contributed by atoms with van der Waals surface area (Å²) in [6.45, 7) is 5.56. The number of piperidine rings is 1. The molecule has 4 aliphatic rings. The van der Waals surface area contributed by atoms with Crippen LogP contribution in [0.2, 0.25) is 0 Å². The molecule has 4 atom stereocenters. The number of amides is 3. The van der Waals surface area contributed by atoms with Gasteiger partial charge in [0.25, 0.3) is 5.91 Å². The lowest BCUT2D eigenvalue weighted by Gasteiger charge is -2.46. The average molecular weight is 520 g/mol. The first-order valence-electron chi connectivity index (χ1n) is 13.0. The van der Waals surface area contributed by atoms with E-state index in [1.165, 1.54) is 0 Å². The maximum absolute atomic E-state index is 13.5. The van der Waals surface area contributed by atoms with Crippen molar-refractivity contribution in [1.29, 1.82) is 0 Å². The van der Waals surface area contributed by atoms with E-state index in [0.717, 1.165) is 60.9 Å². The fraction of sp³-hybridized carbons (Fsp3) is 0.429. The number of benzene rings is 2. The largest absolute Gasteiger partial charge is 0.457 e. The quantitative estimate of drug-likeness (QED) is 0.540. The number of likely N-dealkylation sites (tertiary alicyclic amines) is 1. The van der Waals surface area contributed by atoms with Crippen LogP contribution < -0.4 is 25.6 Å². The number of carbonyl (C=O) groups excluding carboxylic acids is 2. The molecule has 0 radical (unpaired) electrons. The van der Waals surface area contributed by atoms with Crippen LogP contribution in [0.5, 0.6) is 11.5 Å². The van der Waals surface area contributed by atoms with Crippen molar-refractivity contribution < 1.29 is 14.3 Å². The van der Waals surface area contributed by atoms with E-state index in [1.54, 1.807) is 11.8 Å². The molecule has 2 aromatic carbocycles. The van der Waals surface area contributed by atoms with Crippen molar-refractivity contribution in [2.75, 3.05) is 38.1 Å². The molecule has 0 spiro atoms. The monoisotopic (exact) mass is 519 g/mol. The molecule has 6 rings (SSSR count). The van der Waals surface area contributed by atoms with Crippen LogP contribution in [-0.4, -0.2) is 61.5 Å². The number of aryl methyl sites for hydroxylation is 1. The highest BCUT2D eigenvalue weighted by Crippen LogP contribution is 2.48. The van der Waals surface area contributed by atoms with Crippen LogP contribution in [0.1, 0.15) is 18.4 Å². The van der Waals surface area contributed by atoms with Gasteiger partial charge in [0, 0.05) is 30.4 Å². The van der Waals surface area contributed by atoms with E-state index in [1.807, 2.05) is 60.4 Å². The minimum Gasteiger partial charge on any atom is -0.457 e. The summed E-state index contributed by atoms with van der Waals surface area (Å²) in [4.78, 5) is 31.6. The third kappa shape index (κ3) is 4.71. The maximum atomic E-state index is 13.5. The summed E-state index contributed by atoms with van der Waals surface area (Å²) >= 11 is 1.55. The SMILES string of the molecule is Cc1cc(Oc2ccccc2)ccc1N1C(=O)NC2=C(C(=O)NCC3CCN(C)C3)SC3NCCC1C23. The summed E-state index contributed by atoms with van der Waals surface area (Å²) in [5, 5.41) is 9.89. The van der Waals surface area contributed by atoms with Gasteiger partial charge in [0.15, 0.2) is 0 Å². The predicted octanol–water partition coefficient (Wildman–Crippen LogP) is 3.65. The molecule has 0 aliphatic carbocycles. The molecule has 37 heavy (non-hydrogen) atoms. The summed E-state index contributed by atoms with van der Waals surface area (Å²) in [7, 11) is 2.12. The zero-order valence-corrected chi connectivity index (χ0v) is 22.0. The number of para-hydroxylation sites is 1. The Kier molecular flexibility index (Phi) is 6.60. The first-order chi connectivity index (χ1) is 18.0. The molecular weight excluding hydrogens is 486 g/mol. The summed E-state index contributed by atoms with van der Waals surface area (Å²) in [5.41, 5.74) is 2.61. The number of nitrogens with one attached hydrogen (secondary N) is 3. The lowest BCUT2D eigenvalue weighted by molar-refractivity contribution is -0.117. The number of hydrogen-bond acceptors (Lipinski definition) is 6. The van der Waals surface area contributed by atoms with E-state index in [0.29, 0.717) is 17.4 Å². The predicted molar refractivity (Wildman–Crippen MR) is 146 cm³/mol. The van der Waals surface area contributed by atoms with Gasteiger partial charge < -0.3 is 25.6 Å².